The number of benzene rings is 2. The summed E-state index contributed by atoms with van der Waals surface area (Å²) < 4.78 is 1.26. The van der Waals surface area contributed by atoms with Gasteiger partial charge in [0.05, 0.1) is 6.20 Å². The number of hydrogen-bond acceptors (Lipinski definition) is 4. The lowest BCUT2D eigenvalue weighted by Gasteiger charge is -2.34. The van der Waals surface area contributed by atoms with E-state index in [9.17, 15) is 9.59 Å². The van der Waals surface area contributed by atoms with Crippen LogP contribution in [-0.2, 0) is 17.9 Å². The van der Waals surface area contributed by atoms with Gasteiger partial charge in [0.25, 0.3) is 5.56 Å². The second-order valence-electron chi connectivity index (χ2n) is 7.71. The molecule has 0 aliphatic carbocycles. The van der Waals surface area contributed by atoms with E-state index >= 15 is 0 Å². The number of nitrogens with zero attached hydrogens (tertiary/aromatic N) is 4. The molecule has 2 aromatic carbocycles. The third-order valence-corrected chi connectivity index (χ3v) is 5.78. The zero-order valence-corrected chi connectivity index (χ0v) is 16.6. The van der Waals surface area contributed by atoms with Crippen molar-refractivity contribution >= 4 is 27.7 Å². The summed E-state index contributed by atoms with van der Waals surface area (Å²) in [6.07, 6.45) is 1.67. The standard InChI is InChI=1S/C23H23N5O2/c29-21(27-12-10-26(11-13-27)15-17-6-2-1-3-7-17)16-28-23(30)22-19(14-24-28)18-8-4-5-9-20(18)25-22/h1-9,14,25H,10-13,15-16H2. The second kappa shape index (κ2) is 7.76. The van der Waals surface area contributed by atoms with Crippen LogP contribution in [0.5, 0.6) is 0 Å². The van der Waals surface area contributed by atoms with Gasteiger partial charge in [0, 0.05) is 49.0 Å². The molecular formula is C23H23N5O2. The van der Waals surface area contributed by atoms with Gasteiger partial charge in [0.1, 0.15) is 12.1 Å². The summed E-state index contributed by atoms with van der Waals surface area (Å²) in [4.78, 5) is 33.0. The fraction of sp³-hybridized carbons (Fsp3) is 0.261. The topological polar surface area (TPSA) is 74.2 Å². The first-order chi connectivity index (χ1) is 14.7. The van der Waals surface area contributed by atoms with Gasteiger partial charge in [0.15, 0.2) is 0 Å². The zero-order valence-electron chi connectivity index (χ0n) is 16.6. The lowest BCUT2D eigenvalue weighted by atomic mass is 10.2. The maximum Gasteiger partial charge on any atom is 0.291 e. The molecule has 0 radical (unpaired) electrons. The number of H-pyrrole nitrogens is 1. The van der Waals surface area contributed by atoms with E-state index in [2.05, 4.69) is 27.1 Å². The Hall–Kier alpha value is -3.45. The lowest BCUT2D eigenvalue weighted by Crippen LogP contribution is -2.49. The largest absolute Gasteiger partial charge is 0.350 e. The van der Waals surface area contributed by atoms with Crippen LogP contribution in [0.3, 0.4) is 0 Å². The van der Waals surface area contributed by atoms with Gasteiger partial charge in [-0.25, -0.2) is 4.68 Å². The summed E-state index contributed by atoms with van der Waals surface area (Å²) in [6, 6.07) is 18.1. The highest BCUT2D eigenvalue weighted by Crippen LogP contribution is 2.21. The number of amides is 1. The van der Waals surface area contributed by atoms with Crippen molar-refractivity contribution in [2.75, 3.05) is 26.2 Å². The maximum absolute atomic E-state index is 12.9. The second-order valence-corrected chi connectivity index (χ2v) is 7.71. The molecule has 7 nitrogen and oxygen atoms in total. The molecule has 30 heavy (non-hydrogen) atoms. The third-order valence-electron chi connectivity index (χ3n) is 5.78. The van der Waals surface area contributed by atoms with Crippen molar-refractivity contribution in [3.05, 3.63) is 76.7 Å². The highest BCUT2D eigenvalue weighted by molar-refractivity contribution is 6.06. The van der Waals surface area contributed by atoms with Gasteiger partial charge >= 0.3 is 0 Å². The molecule has 0 unspecified atom stereocenters. The molecule has 1 amide bonds. The summed E-state index contributed by atoms with van der Waals surface area (Å²) in [6.45, 7) is 3.82. The molecule has 152 valence electrons. The fourth-order valence-electron chi connectivity index (χ4n) is 4.11. The molecule has 0 bridgehead atoms. The van der Waals surface area contributed by atoms with E-state index in [4.69, 9.17) is 0 Å². The number of aromatic nitrogens is 3. The minimum atomic E-state index is -0.264. The number of aromatic amines is 1. The van der Waals surface area contributed by atoms with Crippen molar-refractivity contribution in [2.24, 2.45) is 0 Å². The molecule has 1 N–H and O–H groups in total. The number of piperazine rings is 1. The first kappa shape index (κ1) is 18.6. The number of para-hydroxylation sites is 1. The van der Waals surface area contributed by atoms with Crippen molar-refractivity contribution in [3.8, 4) is 0 Å². The Morgan fingerprint density at radius 1 is 0.933 bits per heavy atom. The first-order valence-corrected chi connectivity index (χ1v) is 10.2. The van der Waals surface area contributed by atoms with E-state index in [0.717, 1.165) is 35.9 Å². The fourth-order valence-corrected chi connectivity index (χ4v) is 4.11. The molecule has 1 fully saturated rings. The van der Waals surface area contributed by atoms with E-state index < -0.39 is 0 Å². The Kier molecular flexibility index (Phi) is 4.80. The van der Waals surface area contributed by atoms with Crippen LogP contribution in [0.4, 0.5) is 0 Å². The predicted octanol–water partition coefficient (Wildman–Crippen LogP) is 2.22. The zero-order chi connectivity index (χ0) is 20.5. The van der Waals surface area contributed by atoms with Crippen molar-refractivity contribution in [2.45, 2.75) is 13.1 Å². The molecule has 2 aromatic heterocycles. The predicted molar refractivity (Wildman–Crippen MR) is 116 cm³/mol. The van der Waals surface area contributed by atoms with Crippen LogP contribution < -0.4 is 5.56 Å². The van der Waals surface area contributed by atoms with Gasteiger partial charge < -0.3 is 9.88 Å². The third kappa shape index (κ3) is 3.48. The van der Waals surface area contributed by atoms with Crippen LogP contribution in [-0.4, -0.2) is 56.7 Å². The van der Waals surface area contributed by atoms with Crippen LogP contribution >= 0.6 is 0 Å². The molecule has 0 saturated carbocycles. The number of hydrogen-bond donors (Lipinski definition) is 1. The number of rotatable bonds is 4. The Morgan fingerprint density at radius 3 is 2.47 bits per heavy atom. The summed E-state index contributed by atoms with van der Waals surface area (Å²) >= 11 is 0. The molecule has 4 aromatic rings. The smallest absolute Gasteiger partial charge is 0.291 e. The van der Waals surface area contributed by atoms with Gasteiger partial charge in [0.2, 0.25) is 5.91 Å². The molecule has 0 spiro atoms. The van der Waals surface area contributed by atoms with Crippen LogP contribution in [0.2, 0.25) is 0 Å². The summed E-state index contributed by atoms with van der Waals surface area (Å²) in [5, 5.41) is 6.01. The monoisotopic (exact) mass is 401 g/mol. The summed E-state index contributed by atoms with van der Waals surface area (Å²) in [5.74, 6) is -0.0700. The van der Waals surface area contributed by atoms with Crippen LogP contribution in [0, 0.1) is 0 Å². The van der Waals surface area contributed by atoms with Gasteiger partial charge in [-0.1, -0.05) is 48.5 Å². The van der Waals surface area contributed by atoms with Gasteiger partial charge in [-0.05, 0) is 11.6 Å². The molecule has 7 heteroatoms. The minimum Gasteiger partial charge on any atom is -0.350 e. The van der Waals surface area contributed by atoms with Gasteiger partial charge in [-0.3, -0.25) is 14.5 Å². The molecular weight excluding hydrogens is 378 g/mol. The van der Waals surface area contributed by atoms with Crippen LogP contribution in [0.1, 0.15) is 5.56 Å². The van der Waals surface area contributed by atoms with Crippen molar-refractivity contribution in [1.29, 1.82) is 0 Å². The molecule has 5 rings (SSSR count). The highest BCUT2D eigenvalue weighted by Gasteiger charge is 2.22. The Labute approximate surface area is 173 Å². The van der Waals surface area contributed by atoms with E-state index in [1.54, 1.807) is 6.20 Å². The summed E-state index contributed by atoms with van der Waals surface area (Å²) in [7, 11) is 0. The Bertz CT molecular complexity index is 1250. The van der Waals surface area contributed by atoms with E-state index in [1.807, 2.05) is 47.4 Å². The molecule has 1 saturated heterocycles. The van der Waals surface area contributed by atoms with Crippen LogP contribution in [0.15, 0.2) is 65.6 Å². The van der Waals surface area contributed by atoms with E-state index in [0.29, 0.717) is 18.6 Å². The number of fused-ring (bicyclic) bond motifs is 3. The number of carbonyl (C=O) groups excluding carboxylic acids is 1. The van der Waals surface area contributed by atoms with E-state index in [1.165, 1.54) is 10.2 Å². The normalized spacial score (nSPS) is 15.1. The van der Waals surface area contributed by atoms with Crippen molar-refractivity contribution < 1.29 is 4.79 Å². The quantitative estimate of drug-likeness (QED) is 0.569. The SMILES string of the molecule is O=C(Cn1ncc2c([nH]c3ccccc32)c1=O)N1CCN(Cc2ccccc2)CC1. The molecule has 0 atom stereocenters. The summed E-state index contributed by atoms with van der Waals surface area (Å²) in [5.41, 5.74) is 2.40. The van der Waals surface area contributed by atoms with Crippen LogP contribution in [0.25, 0.3) is 21.8 Å². The lowest BCUT2D eigenvalue weighted by molar-refractivity contribution is -0.133. The Morgan fingerprint density at radius 2 is 1.67 bits per heavy atom. The van der Waals surface area contributed by atoms with Crippen molar-refractivity contribution in [1.82, 2.24) is 24.6 Å². The Balaban J connectivity index is 1.27. The maximum atomic E-state index is 12.9. The van der Waals surface area contributed by atoms with Gasteiger partial charge in [-0.15, -0.1) is 0 Å². The minimum absolute atomic E-state index is 0.0389. The van der Waals surface area contributed by atoms with E-state index in [-0.39, 0.29) is 18.0 Å². The molecule has 1 aliphatic rings. The van der Waals surface area contributed by atoms with Crippen molar-refractivity contribution in [3.63, 3.8) is 0 Å². The highest BCUT2D eigenvalue weighted by atomic mass is 16.2. The number of nitrogens with one attached hydrogen (secondary N) is 1. The van der Waals surface area contributed by atoms with Gasteiger partial charge in [-0.2, -0.15) is 5.10 Å². The number of carbonyl (C=O) groups is 1. The average molecular weight is 401 g/mol. The molecule has 3 heterocycles. The first-order valence-electron chi connectivity index (χ1n) is 10.2. The average Bonchev–Trinajstić information content (AvgIpc) is 3.16. The molecule has 1 aliphatic heterocycles.